The van der Waals surface area contributed by atoms with Gasteiger partial charge in [-0.1, -0.05) is 0 Å². The third-order valence-electron chi connectivity index (χ3n) is 2.30. The molecule has 0 amide bonds. The van der Waals surface area contributed by atoms with Crippen LogP contribution in [0, 0.1) is 23.0 Å². The summed E-state index contributed by atoms with van der Waals surface area (Å²) < 4.78 is 31.9. The normalized spacial score (nSPS) is 10.1. The number of hydrogen-bond acceptors (Lipinski definition) is 4. The number of rotatable bonds is 3. The van der Waals surface area contributed by atoms with Crippen molar-refractivity contribution in [1.82, 2.24) is 4.98 Å². The highest BCUT2D eigenvalue weighted by molar-refractivity contribution is 7.10. The van der Waals surface area contributed by atoms with Crippen molar-refractivity contribution in [3.63, 3.8) is 0 Å². The van der Waals surface area contributed by atoms with Crippen LogP contribution in [0.15, 0.2) is 17.5 Å². The molecule has 0 N–H and O–H groups in total. The Morgan fingerprint density at radius 3 is 2.83 bits per heavy atom. The van der Waals surface area contributed by atoms with Gasteiger partial charge in [0.1, 0.15) is 10.8 Å². The minimum absolute atomic E-state index is 0.0636. The van der Waals surface area contributed by atoms with Gasteiger partial charge in [-0.05, 0) is 6.07 Å². The molecule has 0 aliphatic carbocycles. The molecule has 0 atom stereocenters. The van der Waals surface area contributed by atoms with E-state index in [0.29, 0.717) is 10.7 Å². The van der Waals surface area contributed by atoms with Crippen LogP contribution in [0.1, 0.15) is 5.01 Å². The highest BCUT2D eigenvalue weighted by atomic mass is 32.1. The molecule has 0 fully saturated rings. The van der Waals surface area contributed by atoms with Crippen LogP contribution in [-0.4, -0.2) is 12.1 Å². The molecule has 92 valence electrons. The summed E-state index contributed by atoms with van der Waals surface area (Å²) in [4.78, 5) is 4.08. The number of hydrogen-bond donors (Lipinski definition) is 0. The van der Waals surface area contributed by atoms with Crippen molar-refractivity contribution in [2.75, 3.05) is 7.11 Å². The van der Waals surface area contributed by atoms with Crippen molar-refractivity contribution in [3.8, 4) is 23.1 Å². The molecule has 18 heavy (non-hydrogen) atoms. The molecule has 0 unspecified atom stereocenters. The summed E-state index contributed by atoms with van der Waals surface area (Å²) in [6.45, 7) is 0. The van der Waals surface area contributed by atoms with E-state index in [1.165, 1.54) is 18.4 Å². The van der Waals surface area contributed by atoms with Gasteiger partial charge in [-0.3, -0.25) is 0 Å². The number of ether oxygens (including phenoxy) is 1. The van der Waals surface area contributed by atoms with Gasteiger partial charge in [0.2, 0.25) is 0 Å². The Kier molecular flexibility index (Phi) is 3.53. The maximum atomic E-state index is 13.8. The smallest absolute Gasteiger partial charge is 0.165 e. The van der Waals surface area contributed by atoms with Crippen LogP contribution < -0.4 is 4.74 Å². The Hall–Kier alpha value is -2.00. The fourth-order valence-electron chi connectivity index (χ4n) is 1.46. The van der Waals surface area contributed by atoms with Gasteiger partial charge in [-0.25, -0.2) is 13.8 Å². The molecule has 0 aliphatic heterocycles. The molecule has 0 saturated heterocycles. The maximum absolute atomic E-state index is 13.8. The Balaban J connectivity index is 2.44. The first-order valence-electron chi connectivity index (χ1n) is 5.00. The van der Waals surface area contributed by atoms with Gasteiger partial charge in [0.25, 0.3) is 0 Å². The number of halogens is 2. The summed E-state index contributed by atoms with van der Waals surface area (Å²) >= 11 is 1.24. The Morgan fingerprint density at radius 2 is 2.17 bits per heavy atom. The van der Waals surface area contributed by atoms with Crippen LogP contribution >= 0.6 is 11.3 Å². The second-order valence-corrected chi connectivity index (χ2v) is 4.37. The molecule has 2 rings (SSSR count). The van der Waals surface area contributed by atoms with Crippen LogP contribution in [0.4, 0.5) is 8.78 Å². The summed E-state index contributed by atoms with van der Waals surface area (Å²) in [5.74, 6) is -1.41. The predicted octanol–water partition coefficient (Wildman–Crippen LogP) is 3.16. The lowest BCUT2D eigenvalue weighted by Gasteiger charge is -2.05. The van der Waals surface area contributed by atoms with Crippen molar-refractivity contribution in [2.45, 2.75) is 6.42 Å². The molecular weight excluding hydrogens is 258 g/mol. The van der Waals surface area contributed by atoms with E-state index < -0.39 is 11.6 Å². The zero-order chi connectivity index (χ0) is 13.1. The number of methoxy groups -OCH3 is 1. The monoisotopic (exact) mass is 266 g/mol. The molecule has 0 aliphatic rings. The lowest BCUT2D eigenvalue weighted by molar-refractivity contribution is 0.383. The highest BCUT2D eigenvalue weighted by Crippen LogP contribution is 2.29. The Labute approximate surface area is 106 Å². The zero-order valence-electron chi connectivity index (χ0n) is 9.41. The van der Waals surface area contributed by atoms with E-state index >= 15 is 0 Å². The first-order valence-corrected chi connectivity index (χ1v) is 5.88. The molecule has 6 heteroatoms. The van der Waals surface area contributed by atoms with Gasteiger partial charge in [0.15, 0.2) is 11.6 Å². The van der Waals surface area contributed by atoms with Crippen LogP contribution in [0.5, 0.6) is 5.75 Å². The van der Waals surface area contributed by atoms with E-state index in [1.54, 1.807) is 5.38 Å². The lowest BCUT2D eigenvalue weighted by Crippen LogP contribution is -1.93. The summed E-state index contributed by atoms with van der Waals surface area (Å²) in [5.41, 5.74) is 0.387. The molecule has 0 spiro atoms. The fourth-order valence-corrected chi connectivity index (χ4v) is 2.19. The van der Waals surface area contributed by atoms with Crippen LogP contribution in [0.2, 0.25) is 0 Å². The van der Waals surface area contributed by atoms with E-state index in [2.05, 4.69) is 9.72 Å². The van der Waals surface area contributed by atoms with Gasteiger partial charge < -0.3 is 4.74 Å². The molecular formula is C12H8F2N2OS. The predicted molar refractivity (Wildman–Crippen MR) is 63.3 cm³/mol. The van der Waals surface area contributed by atoms with Crippen molar-refractivity contribution in [2.24, 2.45) is 0 Å². The third kappa shape index (κ3) is 2.31. The maximum Gasteiger partial charge on any atom is 0.165 e. The number of nitrogens with zero attached hydrogens (tertiary/aromatic N) is 2. The molecule has 0 saturated carbocycles. The third-order valence-corrected chi connectivity index (χ3v) is 3.15. The van der Waals surface area contributed by atoms with Gasteiger partial charge in [-0.2, -0.15) is 5.26 Å². The van der Waals surface area contributed by atoms with Crippen molar-refractivity contribution < 1.29 is 13.5 Å². The summed E-state index contributed by atoms with van der Waals surface area (Å²) in [5, 5.41) is 10.7. The summed E-state index contributed by atoms with van der Waals surface area (Å²) in [6.07, 6.45) is 0.158. The van der Waals surface area contributed by atoms with Crippen LogP contribution in [0.3, 0.4) is 0 Å². The molecule has 2 aromatic rings. The Bertz CT molecular complexity index is 619. The summed E-state index contributed by atoms with van der Waals surface area (Å²) in [6, 6.07) is 3.97. The number of nitriles is 1. The second kappa shape index (κ2) is 5.10. The first-order chi connectivity index (χ1) is 8.65. The van der Waals surface area contributed by atoms with E-state index in [9.17, 15) is 8.78 Å². The van der Waals surface area contributed by atoms with E-state index in [1.807, 2.05) is 6.07 Å². The van der Waals surface area contributed by atoms with Gasteiger partial charge in [0.05, 0.1) is 25.3 Å². The second-order valence-electron chi connectivity index (χ2n) is 3.43. The molecule has 0 radical (unpaired) electrons. The van der Waals surface area contributed by atoms with Gasteiger partial charge in [0, 0.05) is 17.0 Å². The van der Waals surface area contributed by atoms with E-state index in [4.69, 9.17) is 5.26 Å². The number of aromatic nitrogens is 1. The average Bonchev–Trinajstić information content (AvgIpc) is 2.80. The molecule has 1 aromatic carbocycles. The minimum atomic E-state index is -0.649. The van der Waals surface area contributed by atoms with Crippen molar-refractivity contribution in [1.29, 1.82) is 5.26 Å². The Morgan fingerprint density at radius 1 is 1.39 bits per heavy atom. The molecule has 1 heterocycles. The van der Waals surface area contributed by atoms with E-state index in [-0.39, 0.29) is 17.7 Å². The number of benzene rings is 1. The van der Waals surface area contributed by atoms with Crippen molar-refractivity contribution >= 4 is 11.3 Å². The SMILES string of the molecule is COc1cc(F)c(-c2csc(CC#N)n2)cc1F. The van der Waals surface area contributed by atoms with Gasteiger partial charge in [-0.15, -0.1) is 11.3 Å². The number of thiazole rings is 1. The molecule has 0 bridgehead atoms. The fraction of sp³-hybridized carbons (Fsp3) is 0.167. The lowest BCUT2D eigenvalue weighted by atomic mass is 10.1. The first kappa shape index (κ1) is 12.5. The average molecular weight is 266 g/mol. The van der Waals surface area contributed by atoms with Crippen LogP contribution in [-0.2, 0) is 6.42 Å². The van der Waals surface area contributed by atoms with Gasteiger partial charge >= 0.3 is 0 Å². The molecule has 1 aromatic heterocycles. The quantitative estimate of drug-likeness (QED) is 0.857. The van der Waals surface area contributed by atoms with Crippen LogP contribution in [0.25, 0.3) is 11.3 Å². The zero-order valence-corrected chi connectivity index (χ0v) is 10.2. The highest BCUT2D eigenvalue weighted by Gasteiger charge is 2.14. The van der Waals surface area contributed by atoms with Crippen molar-refractivity contribution in [3.05, 3.63) is 34.2 Å². The largest absolute Gasteiger partial charge is 0.494 e. The standard InChI is InChI=1S/C12H8F2N2OS/c1-17-11-5-8(13)7(4-9(11)14)10-6-18-12(16-10)2-3-15/h4-6H,2H2,1H3. The summed E-state index contributed by atoms with van der Waals surface area (Å²) in [7, 11) is 1.27. The molecule has 3 nitrogen and oxygen atoms in total. The van der Waals surface area contributed by atoms with E-state index in [0.717, 1.165) is 12.1 Å². The topological polar surface area (TPSA) is 45.9 Å². The minimum Gasteiger partial charge on any atom is -0.494 e.